The van der Waals surface area contributed by atoms with Gasteiger partial charge in [-0.25, -0.2) is 4.98 Å². The van der Waals surface area contributed by atoms with Crippen LogP contribution in [0, 0.1) is 11.8 Å². The Balaban J connectivity index is 0.000000206. The predicted molar refractivity (Wildman–Crippen MR) is 227 cm³/mol. The molecule has 1 aromatic heterocycles. The van der Waals surface area contributed by atoms with Gasteiger partial charge in [0.1, 0.15) is 0 Å². The predicted octanol–water partition coefficient (Wildman–Crippen LogP) is 7.73. The van der Waals surface area contributed by atoms with Gasteiger partial charge in [0.25, 0.3) is 0 Å². The zero-order chi connectivity index (χ0) is 36.2. The van der Waals surface area contributed by atoms with Crippen LogP contribution in [-0.4, -0.2) is 25.8 Å². The summed E-state index contributed by atoms with van der Waals surface area (Å²) in [6.45, 7) is 9.49. The van der Waals surface area contributed by atoms with Gasteiger partial charge in [-0.2, -0.15) is 0 Å². The Morgan fingerprint density at radius 2 is 0.962 bits per heavy atom. The van der Waals surface area contributed by atoms with Gasteiger partial charge in [0.2, 0.25) is 6.71 Å². The molecular weight excluding hydrogens is 643 g/mol. The lowest BCUT2D eigenvalue weighted by Gasteiger charge is -2.37. The van der Waals surface area contributed by atoms with Crippen molar-refractivity contribution in [1.82, 2.24) is 9.55 Å². The molecule has 260 valence electrons. The van der Waals surface area contributed by atoms with Gasteiger partial charge in [0.05, 0.1) is 21.0 Å². The molecule has 0 spiro atoms. The number of hydrogen-bond acceptors (Lipinski definition) is 1. The van der Waals surface area contributed by atoms with E-state index in [1.807, 2.05) is 12.5 Å². The van der Waals surface area contributed by atoms with Crippen LogP contribution in [0.5, 0.6) is 0 Å². The number of imidazole rings is 1. The first-order valence-corrected chi connectivity index (χ1v) is 20.2. The Morgan fingerprint density at radius 3 is 1.35 bits per heavy atom. The third kappa shape index (κ3) is 9.18. The molecule has 0 saturated carbocycles. The zero-order valence-corrected chi connectivity index (χ0v) is 32.6. The topological polar surface area (TPSA) is 17.8 Å². The maximum atomic E-state index is 4.51. The van der Waals surface area contributed by atoms with E-state index in [0.29, 0.717) is 18.5 Å². The molecule has 0 radical (unpaired) electrons. The minimum absolute atomic E-state index is 0.238. The second-order valence-corrected chi connectivity index (χ2v) is 16.9. The lowest BCUT2D eigenvalue weighted by molar-refractivity contribution is 0.589. The van der Waals surface area contributed by atoms with E-state index in [-0.39, 0.29) is 5.16 Å². The molecule has 4 heteroatoms. The molecular formula is C48H51BN2Si. The maximum Gasteiger partial charge on any atom is 0.241 e. The first kappa shape index (κ1) is 36.6. The van der Waals surface area contributed by atoms with E-state index in [1.165, 1.54) is 43.8 Å². The minimum atomic E-state index is -0.833. The second kappa shape index (κ2) is 17.8. The number of rotatable bonds is 12. The molecule has 0 aliphatic carbocycles. The molecule has 0 fully saturated rings. The summed E-state index contributed by atoms with van der Waals surface area (Å²) in [5.41, 5.74) is 9.56. The van der Waals surface area contributed by atoms with Crippen LogP contribution < -0.4 is 21.6 Å². The largest absolute Gasteiger partial charge is 0.326 e. The van der Waals surface area contributed by atoms with Crippen molar-refractivity contribution in [2.75, 3.05) is 0 Å². The molecule has 1 heterocycles. The molecule has 0 amide bonds. The Hall–Kier alpha value is -5.19. The van der Waals surface area contributed by atoms with Crippen molar-refractivity contribution < 1.29 is 0 Å². The van der Waals surface area contributed by atoms with Crippen molar-refractivity contribution in [2.24, 2.45) is 11.8 Å². The summed E-state index contributed by atoms with van der Waals surface area (Å²) in [5, 5.41) is 1.22. The van der Waals surface area contributed by atoms with E-state index < -0.39 is 9.52 Å². The van der Waals surface area contributed by atoms with Gasteiger partial charge in [0, 0.05) is 12.4 Å². The van der Waals surface area contributed by atoms with Crippen LogP contribution in [0.1, 0.15) is 49.9 Å². The van der Waals surface area contributed by atoms with Gasteiger partial charge in [-0.1, -0.05) is 219 Å². The number of aromatic nitrogens is 2. The first-order chi connectivity index (χ1) is 25.4. The van der Waals surface area contributed by atoms with Crippen molar-refractivity contribution in [1.29, 1.82) is 0 Å². The highest BCUT2D eigenvalue weighted by Gasteiger charge is 2.37. The van der Waals surface area contributed by atoms with E-state index >= 15 is 0 Å². The van der Waals surface area contributed by atoms with E-state index in [4.69, 9.17) is 0 Å². The smallest absolute Gasteiger partial charge is 0.241 e. The second-order valence-electron chi connectivity index (χ2n) is 14.8. The van der Waals surface area contributed by atoms with E-state index in [0.717, 1.165) is 12.8 Å². The third-order valence-corrected chi connectivity index (χ3v) is 12.3. The highest BCUT2D eigenvalue weighted by atomic mass is 28.2. The molecule has 2 nitrogen and oxygen atoms in total. The van der Waals surface area contributed by atoms with Crippen molar-refractivity contribution >= 4 is 37.8 Å². The van der Waals surface area contributed by atoms with Gasteiger partial charge in [-0.05, 0) is 46.9 Å². The molecule has 7 rings (SSSR count). The van der Waals surface area contributed by atoms with E-state index in [9.17, 15) is 0 Å². The normalized spacial score (nSPS) is 11.5. The Kier molecular flexibility index (Phi) is 12.6. The molecule has 0 aliphatic heterocycles. The fraction of sp³-hybridized carbons (Fsp3) is 0.188. The van der Waals surface area contributed by atoms with Crippen LogP contribution in [-0.2, 0) is 18.0 Å². The fourth-order valence-corrected chi connectivity index (χ4v) is 9.82. The van der Waals surface area contributed by atoms with Crippen LogP contribution in [0.25, 0.3) is 0 Å². The van der Waals surface area contributed by atoms with Crippen molar-refractivity contribution in [2.45, 2.75) is 45.7 Å². The molecule has 0 saturated heterocycles. The summed E-state index contributed by atoms with van der Waals surface area (Å²) in [7, 11) is -0.833. The fourth-order valence-electron chi connectivity index (χ4n) is 7.50. The van der Waals surface area contributed by atoms with Gasteiger partial charge in [-0.3, -0.25) is 0 Å². The van der Waals surface area contributed by atoms with Gasteiger partial charge in [0.15, 0.2) is 0 Å². The molecule has 0 aliphatic rings. The summed E-state index contributed by atoms with van der Waals surface area (Å²) in [6, 6.07) is 61.7. The summed E-state index contributed by atoms with van der Waals surface area (Å²) >= 11 is 0. The molecule has 0 unspecified atom stereocenters. The lowest BCUT2D eigenvalue weighted by Crippen LogP contribution is -2.51. The standard InChI is InChI=1S/C30H36N2Si.C18H15B/c1-23(2)18-25-10-8-12-27(20-25)30(32-17-16-31-22-32,33-29-14-6-5-7-15-29)28-13-9-11-26(21-28)19-24(3)4;1-4-10-16(11-5-1)19(17-12-6-2-7-13-17)18-14-8-3-9-15-18/h5-17,20-24H,18-19,33H2,1-4H3;1-15H. The molecule has 7 aromatic rings. The van der Waals surface area contributed by atoms with Crippen molar-refractivity contribution in [3.8, 4) is 0 Å². The van der Waals surface area contributed by atoms with Crippen LogP contribution in [0.2, 0.25) is 0 Å². The highest BCUT2D eigenvalue weighted by molar-refractivity contribution is 6.95. The molecule has 52 heavy (non-hydrogen) atoms. The maximum absolute atomic E-state index is 4.51. The van der Waals surface area contributed by atoms with E-state index in [1.54, 1.807) is 0 Å². The number of benzene rings is 6. The van der Waals surface area contributed by atoms with Crippen molar-refractivity contribution in [3.63, 3.8) is 0 Å². The number of nitrogens with zero attached hydrogens (tertiary/aromatic N) is 2. The molecule has 0 N–H and O–H groups in total. The highest BCUT2D eigenvalue weighted by Crippen LogP contribution is 2.35. The molecule has 6 aromatic carbocycles. The monoisotopic (exact) mass is 694 g/mol. The van der Waals surface area contributed by atoms with Gasteiger partial charge >= 0.3 is 0 Å². The van der Waals surface area contributed by atoms with Crippen molar-refractivity contribution in [3.05, 3.63) is 211 Å². The van der Waals surface area contributed by atoms with Crippen LogP contribution >= 0.6 is 0 Å². The SMILES string of the molecule is CC(C)Cc1cccc(C([SiH2]c2ccccc2)(c2cccc(CC(C)C)c2)n2ccnc2)c1.c1ccc(B(c2ccccc2)c2ccccc2)cc1. The zero-order valence-electron chi connectivity index (χ0n) is 31.1. The average Bonchev–Trinajstić information content (AvgIpc) is 3.72. The molecule has 0 atom stereocenters. The average molecular weight is 695 g/mol. The van der Waals surface area contributed by atoms with E-state index in [2.05, 4.69) is 213 Å². The quantitative estimate of drug-likeness (QED) is 0.120. The summed E-state index contributed by atoms with van der Waals surface area (Å²) in [5.74, 6) is 1.26. The minimum Gasteiger partial charge on any atom is -0.326 e. The van der Waals surface area contributed by atoms with Crippen LogP contribution in [0.4, 0.5) is 0 Å². The number of hydrogen-bond donors (Lipinski definition) is 0. The molecule has 0 bridgehead atoms. The Morgan fingerprint density at radius 1 is 0.538 bits per heavy atom. The summed E-state index contributed by atoms with van der Waals surface area (Å²) in [6.07, 6.45) is 8.27. The lowest BCUT2D eigenvalue weighted by atomic mass is 9.37. The summed E-state index contributed by atoms with van der Waals surface area (Å²) < 4.78 is 2.37. The summed E-state index contributed by atoms with van der Waals surface area (Å²) in [4.78, 5) is 4.51. The van der Waals surface area contributed by atoms with Gasteiger partial charge in [-0.15, -0.1) is 0 Å². The van der Waals surface area contributed by atoms with Crippen LogP contribution in [0.15, 0.2) is 189 Å². The Labute approximate surface area is 314 Å². The Bertz CT molecular complexity index is 1910. The first-order valence-electron chi connectivity index (χ1n) is 18.8. The van der Waals surface area contributed by atoms with Gasteiger partial charge < -0.3 is 4.57 Å². The van der Waals surface area contributed by atoms with Crippen LogP contribution in [0.3, 0.4) is 0 Å². The third-order valence-electron chi connectivity index (χ3n) is 9.74.